The molecule has 0 atom stereocenters. The number of nitrogens with zero attached hydrogens (tertiary/aromatic N) is 1. The van der Waals surface area contributed by atoms with Crippen LogP contribution in [0.15, 0.2) is 12.1 Å². The minimum Gasteiger partial charge on any atom is -0.396 e. The summed E-state index contributed by atoms with van der Waals surface area (Å²) >= 11 is 0. The fraction of sp³-hybridized carbons (Fsp3) is 0.571. The van der Waals surface area contributed by atoms with E-state index >= 15 is 0 Å². The quantitative estimate of drug-likeness (QED) is 0.713. The second kappa shape index (κ2) is 8.07. The van der Waals surface area contributed by atoms with E-state index in [9.17, 15) is 8.78 Å². The van der Waals surface area contributed by atoms with Crippen molar-refractivity contribution in [1.82, 2.24) is 5.32 Å². The highest BCUT2D eigenvalue weighted by Crippen LogP contribution is 2.24. The maximum absolute atomic E-state index is 13.9. The minimum atomic E-state index is -0.532. The van der Waals surface area contributed by atoms with Crippen molar-refractivity contribution in [3.63, 3.8) is 0 Å². The fourth-order valence-corrected chi connectivity index (χ4v) is 2.04. The van der Waals surface area contributed by atoms with Crippen molar-refractivity contribution in [2.75, 3.05) is 32.1 Å². The molecule has 0 fully saturated rings. The van der Waals surface area contributed by atoms with E-state index < -0.39 is 11.6 Å². The molecule has 0 aliphatic heterocycles. The van der Waals surface area contributed by atoms with E-state index in [1.165, 1.54) is 12.1 Å². The van der Waals surface area contributed by atoms with Gasteiger partial charge in [-0.2, -0.15) is 0 Å². The molecule has 1 aromatic rings. The first-order valence-electron chi connectivity index (χ1n) is 6.54. The molecule has 19 heavy (non-hydrogen) atoms. The lowest BCUT2D eigenvalue weighted by Crippen LogP contribution is -2.21. The van der Waals surface area contributed by atoms with Gasteiger partial charge in [0, 0.05) is 26.7 Å². The summed E-state index contributed by atoms with van der Waals surface area (Å²) in [4.78, 5) is 1.59. The van der Waals surface area contributed by atoms with Crippen molar-refractivity contribution < 1.29 is 13.9 Å². The highest BCUT2D eigenvalue weighted by atomic mass is 19.1. The van der Waals surface area contributed by atoms with Gasteiger partial charge in [0.05, 0.1) is 0 Å². The van der Waals surface area contributed by atoms with Gasteiger partial charge >= 0.3 is 0 Å². The number of anilines is 1. The second-order valence-electron chi connectivity index (χ2n) is 4.64. The van der Waals surface area contributed by atoms with E-state index in [1.807, 2.05) is 0 Å². The zero-order valence-electron chi connectivity index (χ0n) is 11.5. The first-order valence-corrected chi connectivity index (χ1v) is 6.54. The fourth-order valence-electron chi connectivity index (χ4n) is 2.04. The molecule has 0 aliphatic carbocycles. The number of unbranched alkanes of at least 4 members (excludes halogenated alkanes) is 2. The monoisotopic (exact) mass is 272 g/mol. The first kappa shape index (κ1) is 15.9. The van der Waals surface area contributed by atoms with Crippen LogP contribution in [-0.4, -0.2) is 32.4 Å². The standard InChI is InChI=1S/C14H22F2N2O/c1-17-10-11-8-12(15)14(13(16)9-11)18(2)6-4-3-5-7-19/h8-9,17,19H,3-7,10H2,1-2H3. The van der Waals surface area contributed by atoms with Gasteiger partial charge in [-0.15, -0.1) is 0 Å². The highest BCUT2D eigenvalue weighted by Gasteiger charge is 2.14. The number of rotatable bonds is 8. The van der Waals surface area contributed by atoms with Gasteiger partial charge in [0.1, 0.15) is 17.3 Å². The van der Waals surface area contributed by atoms with E-state index in [1.54, 1.807) is 19.0 Å². The van der Waals surface area contributed by atoms with Crippen LogP contribution in [0.1, 0.15) is 24.8 Å². The van der Waals surface area contributed by atoms with Crippen molar-refractivity contribution in [3.8, 4) is 0 Å². The van der Waals surface area contributed by atoms with Crippen LogP contribution in [0.3, 0.4) is 0 Å². The Bertz CT molecular complexity index is 376. The number of aliphatic hydroxyl groups is 1. The molecule has 0 heterocycles. The Balaban J connectivity index is 2.71. The highest BCUT2D eigenvalue weighted by molar-refractivity contribution is 5.50. The molecule has 2 N–H and O–H groups in total. The summed E-state index contributed by atoms with van der Waals surface area (Å²) in [5, 5.41) is 11.5. The minimum absolute atomic E-state index is 0.0175. The molecule has 1 aromatic carbocycles. The van der Waals surface area contributed by atoms with Gasteiger partial charge in [-0.1, -0.05) is 0 Å². The molecule has 0 bridgehead atoms. The van der Waals surface area contributed by atoms with Crippen molar-refractivity contribution in [3.05, 3.63) is 29.3 Å². The molecule has 0 saturated heterocycles. The van der Waals surface area contributed by atoms with Crippen LogP contribution in [0.5, 0.6) is 0 Å². The van der Waals surface area contributed by atoms with E-state index in [0.29, 0.717) is 18.7 Å². The topological polar surface area (TPSA) is 35.5 Å². The summed E-state index contributed by atoms with van der Waals surface area (Å²) in [5.74, 6) is -1.06. The molecule has 3 nitrogen and oxygen atoms in total. The van der Waals surface area contributed by atoms with Crippen LogP contribution in [0, 0.1) is 11.6 Å². The summed E-state index contributed by atoms with van der Waals surface area (Å²) in [6.45, 7) is 1.17. The molecule has 1 rings (SSSR count). The van der Waals surface area contributed by atoms with Crippen molar-refractivity contribution in [2.45, 2.75) is 25.8 Å². The Kier molecular flexibility index (Phi) is 6.73. The summed E-state index contributed by atoms with van der Waals surface area (Å²) < 4.78 is 27.8. The Hall–Kier alpha value is -1.20. The van der Waals surface area contributed by atoms with Crippen LogP contribution < -0.4 is 10.2 Å². The average molecular weight is 272 g/mol. The lowest BCUT2D eigenvalue weighted by atomic mass is 10.1. The summed E-state index contributed by atoms with van der Waals surface area (Å²) in [6, 6.07) is 2.72. The van der Waals surface area contributed by atoms with E-state index in [4.69, 9.17) is 5.11 Å². The average Bonchev–Trinajstić information content (AvgIpc) is 2.34. The van der Waals surface area contributed by atoms with E-state index in [0.717, 1.165) is 19.3 Å². The van der Waals surface area contributed by atoms with Crippen molar-refractivity contribution in [2.24, 2.45) is 0 Å². The number of benzene rings is 1. The van der Waals surface area contributed by atoms with Crippen LogP contribution in [0.25, 0.3) is 0 Å². The summed E-state index contributed by atoms with van der Waals surface area (Å²) in [6.07, 6.45) is 2.37. The number of hydrogen-bond donors (Lipinski definition) is 2. The number of hydrogen-bond acceptors (Lipinski definition) is 3. The van der Waals surface area contributed by atoms with Gasteiger partial charge in [0.2, 0.25) is 0 Å². The Labute approximate surface area is 113 Å². The number of nitrogens with one attached hydrogen (secondary N) is 1. The third-order valence-electron chi connectivity index (χ3n) is 2.99. The Morgan fingerprint density at radius 1 is 1.16 bits per heavy atom. The van der Waals surface area contributed by atoms with Crippen molar-refractivity contribution in [1.29, 1.82) is 0 Å². The third kappa shape index (κ3) is 4.76. The zero-order chi connectivity index (χ0) is 14.3. The van der Waals surface area contributed by atoms with Gasteiger partial charge < -0.3 is 15.3 Å². The van der Waals surface area contributed by atoms with Crippen LogP contribution in [0.4, 0.5) is 14.5 Å². The van der Waals surface area contributed by atoms with Crippen LogP contribution in [-0.2, 0) is 6.54 Å². The predicted octanol–water partition coefficient (Wildman–Crippen LogP) is 2.28. The molecule has 0 amide bonds. The number of aliphatic hydroxyl groups excluding tert-OH is 1. The number of halogens is 2. The molecular weight excluding hydrogens is 250 g/mol. The molecule has 0 spiro atoms. The third-order valence-corrected chi connectivity index (χ3v) is 2.99. The molecule has 0 radical (unpaired) electrons. The lowest BCUT2D eigenvalue weighted by Gasteiger charge is -2.21. The molecule has 0 aromatic heterocycles. The van der Waals surface area contributed by atoms with E-state index in [2.05, 4.69) is 5.32 Å². The first-order chi connectivity index (χ1) is 9.10. The van der Waals surface area contributed by atoms with Crippen LogP contribution in [0.2, 0.25) is 0 Å². The Morgan fingerprint density at radius 2 is 1.79 bits per heavy atom. The van der Waals surface area contributed by atoms with E-state index in [-0.39, 0.29) is 12.3 Å². The summed E-state index contributed by atoms with van der Waals surface area (Å²) in [5.41, 5.74) is 0.610. The molecule has 5 heteroatoms. The second-order valence-corrected chi connectivity index (χ2v) is 4.64. The van der Waals surface area contributed by atoms with Crippen molar-refractivity contribution >= 4 is 5.69 Å². The maximum atomic E-state index is 13.9. The van der Waals surface area contributed by atoms with Gasteiger partial charge in [-0.05, 0) is 44.0 Å². The molecule has 0 aliphatic rings. The molecule has 108 valence electrons. The smallest absolute Gasteiger partial charge is 0.149 e. The largest absolute Gasteiger partial charge is 0.396 e. The Morgan fingerprint density at radius 3 is 2.32 bits per heavy atom. The normalized spacial score (nSPS) is 10.8. The van der Waals surface area contributed by atoms with Gasteiger partial charge in [0.25, 0.3) is 0 Å². The summed E-state index contributed by atoms with van der Waals surface area (Å²) in [7, 11) is 3.41. The molecule has 0 unspecified atom stereocenters. The lowest BCUT2D eigenvalue weighted by molar-refractivity contribution is 0.283. The molecule has 0 saturated carbocycles. The maximum Gasteiger partial charge on any atom is 0.149 e. The van der Waals surface area contributed by atoms with Crippen LogP contribution >= 0.6 is 0 Å². The zero-order valence-corrected chi connectivity index (χ0v) is 11.5. The molecular formula is C14H22F2N2O. The van der Waals surface area contributed by atoms with Gasteiger partial charge in [0.15, 0.2) is 0 Å². The predicted molar refractivity (Wildman–Crippen MR) is 73.3 cm³/mol. The van der Waals surface area contributed by atoms with Gasteiger partial charge in [-0.25, -0.2) is 8.78 Å². The SMILES string of the molecule is CNCc1cc(F)c(N(C)CCCCCO)c(F)c1. The van der Waals surface area contributed by atoms with Gasteiger partial charge in [-0.3, -0.25) is 0 Å².